The number of fused-ring (bicyclic) bond motifs is 6. The van der Waals surface area contributed by atoms with Crippen molar-refractivity contribution in [2.45, 2.75) is 154 Å². The quantitative estimate of drug-likeness (QED) is 0.168. The van der Waals surface area contributed by atoms with Crippen LogP contribution in [0.3, 0.4) is 0 Å². The maximum absolute atomic E-state index is 14.2. The fourth-order valence-corrected chi connectivity index (χ4v) is 16.5. The second kappa shape index (κ2) is 14.1. The number of aromatic nitrogens is 2. The van der Waals surface area contributed by atoms with E-state index in [1.165, 1.54) is 24.8 Å². The Hall–Kier alpha value is -1.10. The summed E-state index contributed by atoms with van der Waals surface area (Å²) in [6.45, 7) is 9.38. The number of ketones is 1. The Bertz CT molecular complexity index is 1550. The van der Waals surface area contributed by atoms with Crippen LogP contribution < -0.4 is 0 Å². The SMILES string of the molecule is CC1(C)C[C@H](n2ccnc2)CSSC[C@H]2C[C@@H]3[C@H](CCCC[C@@H]4C[C@H]5C(=CC(=O)[C@@H]6C[C@@H](O)[C@@H](O)C[C@@]65C)[C@@]2(O)[C@]43C)[C@H](O)CC1=C1CCCCC1. The number of aliphatic hydroxyl groups is 4. The van der Waals surface area contributed by atoms with E-state index in [4.69, 9.17) is 0 Å². The summed E-state index contributed by atoms with van der Waals surface area (Å²) >= 11 is 0. The van der Waals surface area contributed by atoms with Gasteiger partial charge in [-0.3, -0.25) is 4.79 Å². The van der Waals surface area contributed by atoms with E-state index in [9.17, 15) is 25.2 Å². The van der Waals surface area contributed by atoms with E-state index < -0.39 is 34.7 Å². The van der Waals surface area contributed by atoms with E-state index in [1.807, 2.05) is 40.2 Å². The van der Waals surface area contributed by atoms with Gasteiger partial charge in [-0.1, -0.05) is 79.7 Å². The number of carbonyl (C=O) groups is 1. The standard InChI is InChI=1S/C43H64N2O5S2/c1-40(2)21-29(45-15-14-44-25-45)24-52-51-23-28-17-32-30(36(46)18-31(40)26-10-6-5-7-11-26)13-9-8-12-27-16-33-34(43(28,50)42(27,32)4)19-37(47)35-20-38(48)39(49)22-41(33,35)3/h14-15,19,25,27-30,32-33,35-36,38-39,46,48-50H,5-13,16-18,20-24H2,1-4H3/t27-,28-,29+,30+,32-,33+,35+,36-,38-,39+,41-,42-,43-/m1/s1. The molecule has 6 aliphatic carbocycles. The van der Waals surface area contributed by atoms with Crippen molar-refractivity contribution in [1.29, 1.82) is 0 Å². The molecule has 13 atom stereocenters. The highest BCUT2D eigenvalue weighted by Gasteiger charge is 2.73. The molecule has 7 aliphatic rings. The fraction of sp³-hybridized carbons (Fsp3) is 0.814. The first-order chi connectivity index (χ1) is 24.8. The van der Waals surface area contributed by atoms with Crippen LogP contribution in [-0.2, 0) is 4.79 Å². The highest BCUT2D eigenvalue weighted by atomic mass is 33.1. The molecular weight excluding hydrogens is 689 g/mol. The van der Waals surface area contributed by atoms with Crippen LogP contribution in [0.1, 0.15) is 130 Å². The number of rotatable bonds is 1. The Morgan fingerprint density at radius 2 is 1.58 bits per heavy atom. The van der Waals surface area contributed by atoms with Gasteiger partial charge >= 0.3 is 0 Å². The predicted molar refractivity (Wildman–Crippen MR) is 209 cm³/mol. The van der Waals surface area contributed by atoms with Crippen molar-refractivity contribution in [3.05, 3.63) is 41.5 Å². The third-order valence-corrected chi connectivity index (χ3v) is 19.0. The zero-order chi connectivity index (χ0) is 36.6. The lowest BCUT2D eigenvalue weighted by Gasteiger charge is -2.64. The van der Waals surface area contributed by atoms with Gasteiger partial charge in [-0.2, -0.15) is 0 Å². The van der Waals surface area contributed by atoms with Crippen molar-refractivity contribution >= 4 is 27.4 Å². The second-order valence-electron chi connectivity index (χ2n) is 19.4. The molecule has 0 spiro atoms. The van der Waals surface area contributed by atoms with Crippen molar-refractivity contribution < 1.29 is 25.2 Å². The van der Waals surface area contributed by atoms with Crippen molar-refractivity contribution in [3.63, 3.8) is 0 Å². The van der Waals surface area contributed by atoms with E-state index in [0.29, 0.717) is 12.8 Å². The first-order valence-corrected chi connectivity index (χ1v) is 23.2. The lowest BCUT2D eigenvalue weighted by molar-refractivity contribution is -0.177. The van der Waals surface area contributed by atoms with Crippen LogP contribution in [-0.4, -0.2) is 71.2 Å². The van der Waals surface area contributed by atoms with Gasteiger partial charge in [-0.25, -0.2) is 4.98 Å². The van der Waals surface area contributed by atoms with Crippen LogP contribution in [0.5, 0.6) is 0 Å². The number of imidazole rings is 1. The van der Waals surface area contributed by atoms with E-state index in [2.05, 4.69) is 43.4 Å². The summed E-state index contributed by atoms with van der Waals surface area (Å²) in [5.74, 6) is 1.82. The van der Waals surface area contributed by atoms with Gasteiger partial charge in [-0.15, -0.1) is 0 Å². The van der Waals surface area contributed by atoms with Gasteiger partial charge < -0.3 is 25.0 Å². The number of hydrogen-bond acceptors (Lipinski definition) is 8. The smallest absolute Gasteiger partial charge is 0.159 e. The van der Waals surface area contributed by atoms with E-state index in [0.717, 1.165) is 74.9 Å². The van der Waals surface area contributed by atoms with Crippen molar-refractivity contribution in [3.8, 4) is 0 Å². The molecule has 5 saturated carbocycles. The van der Waals surface area contributed by atoms with Gasteiger partial charge in [0, 0.05) is 47.2 Å². The fourth-order valence-electron chi connectivity index (χ4n) is 13.7. The molecule has 1 aromatic rings. The Labute approximate surface area is 319 Å². The number of aliphatic hydroxyl groups excluding tert-OH is 3. The highest BCUT2D eigenvalue weighted by Crippen LogP contribution is 2.73. The summed E-state index contributed by atoms with van der Waals surface area (Å²) in [6, 6.07) is 0.254. The minimum Gasteiger partial charge on any atom is -0.392 e. The molecule has 288 valence electrons. The number of carbonyl (C=O) groups excluding carboxylic acids is 1. The minimum absolute atomic E-state index is 0.0155. The molecule has 7 nitrogen and oxygen atoms in total. The summed E-state index contributed by atoms with van der Waals surface area (Å²) in [7, 11) is 3.80. The van der Waals surface area contributed by atoms with Gasteiger partial charge in [-0.05, 0) is 123 Å². The molecule has 0 radical (unpaired) electrons. The van der Waals surface area contributed by atoms with Crippen LogP contribution in [0.15, 0.2) is 41.5 Å². The van der Waals surface area contributed by atoms with Crippen LogP contribution >= 0.6 is 21.6 Å². The molecule has 1 saturated heterocycles. The lowest BCUT2D eigenvalue weighted by Crippen LogP contribution is -2.65. The molecule has 0 aromatic carbocycles. The van der Waals surface area contributed by atoms with E-state index in [-0.39, 0.29) is 59.2 Å². The van der Waals surface area contributed by atoms with Crippen LogP contribution in [0.25, 0.3) is 0 Å². The summed E-state index contributed by atoms with van der Waals surface area (Å²) < 4.78 is 2.28. The van der Waals surface area contributed by atoms with E-state index in [1.54, 1.807) is 5.57 Å². The zero-order valence-electron chi connectivity index (χ0n) is 32.0. The predicted octanol–water partition coefficient (Wildman–Crippen LogP) is 8.09. The van der Waals surface area contributed by atoms with Crippen molar-refractivity contribution in [1.82, 2.24) is 9.55 Å². The monoisotopic (exact) mass is 752 g/mol. The molecule has 4 N–H and O–H groups in total. The Balaban J connectivity index is 1.24. The number of allylic oxidation sites excluding steroid dienone is 2. The average Bonchev–Trinajstić information content (AvgIpc) is 3.72. The Kier molecular flexibility index (Phi) is 10.3. The Morgan fingerprint density at radius 3 is 2.33 bits per heavy atom. The normalized spacial score (nSPS) is 47.0. The highest BCUT2D eigenvalue weighted by molar-refractivity contribution is 8.76. The summed E-state index contributed by atoms with van der Waals surface area (Å²) in [5.41, 5.74) is 1.74. The first-order valence-electron chi connectivity index (χ1n) is 20.7. The third kappa shape index (κ3) is 5.99. The molecule has 9 heteroatoms. The minimum atomic E-state index is -1.17. The van der Waals surface area contributed by atoms with Gasteiger partial charge in [0.1, 0.15) is 0 Å². The van der Waals surface area contributed by atoms with E-state index >= 15 is 0 Å². The zero-order valence-corrected chi connectivity index (χ0v) is 33.6. The molecule has 52 heavy (non-hydrogen) atoms. The van der Waals surface area contributed by atoms with Crippen LogP contribution in [0.4, 0.5) is 0 Å². The first kappa shape index (κ1) is 37.8. The maximum Gasteiger partial charge on any atom is 0.159 e. The summed E-state index contributed by atoms with van der Waals surface area (Å²) in [6.07, 6.45) is 19.9. The maximum atomic E-state index is 14.2. The largest absolute Gasteiger partial charge is 0.392 e. The van der Waals surface area contributed by atoms with Crippen LogP contribution in [0, 0.1) is 51.8 Å². The molecule has 8 rings (SSSR count). The van der Waals surface area contributed by atoms with Gasteiger partial charge in [0.05, 0.1) is 30.2 Å². The molecule has 1 aromatic heterocycles. The van der Waals surface area contributed by atoms with Gasteiger partial charge in [0.15, 0.2) is 5.78 Å². The lowest BCUT2D eigenvalue weighted by atomic mass is 9.42. The second-order valence-corrected chi connectivity index (χ2v) is 21.9. The van der Waals surface area contributed by atoms with Crippen LogP contribution in [0.2, 0.25) is 0 Å². The molecule has 1 aliphatic heterocycles. The number of nitrogens with zero attached hydrogens (tertiary/aromatic N) is 2. The van der Waals surface area contributed by atoms with Crippen molar-refractivity contribution in [2.75, 3.05) is 11.5 Å². The average molecular weight is 753 g/mol. The number of hydrogen-bond donors (Lipinski definition) is 4. The molecule has 0 unspecified atom stereocenters. The molecule has 2 bridgehead atoms. The Morgan fingerprint density at radius 1 is 0.827 bits per heavy atom. The molecule has 0 amide bonds. The summed E-state index contributed by atoms with van der Waals surface area (Å²) in [4.78, 5) is 18.6. The molecule has 6 fully saturated rings. The third-order valence-electron chi connectivity index (χ3n) is 16.5. The summed E-state index contributed by atoms with van der Waals surface area (Å²) in [5, 5.41) is 48.4. The molecule has 2 heterocycles. The van der Waals surface area contributed by atoms with Gasteiger partial charge in [0.2, 0.25) is 0 Å². The molecular formula is C43H64N2O5S2. The van der Waals surface area contributed by atoms with Crippen molar-refractivity contribution in [2.24, 2.45) is 51.8 Å². The van der Waals surface area contributed by atoms with Gasteiger partial charge in [0.25, 0.3) is 0 Å². The topological polar surface area (TPSA) is 116 Å².